The van der Waals surface area contributed by atoms with E-state index in [2.05, 4.69) is 25.2 Å². The molecule has 0 N–H and O–H groups in total. The molecule has 2 aromatic carbocycles. The number of rotatable bonds is 4. The van der Waals surface area contributed by atoms with Crippen LogP contribution in [0.1, 0.15) is 11.1 Å². The highest BCUT2D eigenvalue weighted by Gasteiger charge is 2.32. The quantitative estimate of drug-likeness (QED) is 0.707. The largest absolute Gasteiger partial charge is 0.416 e. The van der Waals surface area contributed by atoms with E-state index >= 15 is 0 Å². The molecule has 0 nitrogen and oxygen atoms in total. The molecule has 0 aromatic heterocycles. The first-order chi connectivity index (χ1) is 9.79. The molecule has 0 heterocycles. The van der Waals surface area contributed by atoms with E-state index in [-0.39, 0.29) is 0 Å². The summed E-state index contributed by atoms with van der Waals surface area (Å²) in [6.45, 7) is 4.26. The summed E-state index contributed by atoms with van der Waals surface area (Å²) in [7, 11) is -1.87. The maximum absolute atomic E-state index is 12.8. The van der Waals surface area contributed by atoms with Gasteiger partial charge in [-0.25, -0.2) is 0 Å². The predicted molar refractivity (Wildman–Crippen MR) is 83.5 cm³/mol. The molecule has 4 heteroatoms. The first kappa shape index (κ1) is 15.8. The van der Waals surface area contributed by atoms with E-state index in [0.717, 1.165) is 23.7 Å². The van der Waals surface area contributed by atoms with Crippen LogP contribution < -0.4 is 5.19 Å². The van der Waals surface area contributed by atoms with Crippen LogP contribution in [0.2, 0.25) is 19.1 Å². The van der Waals surface area contributed by atoms with Gasteiger partial charge in [-0.1, -0.05) is 72.9 Å². The predicted octanol–water partition coefficient (Wildman–Crippen LogP) is 4.86. The number of halogens is 3. The summed E-state index contributed by atoms with van der Waals surface area (Å²) < 4.78 is 38.5. The third-order valence-electron chi connectivity index (χ3n) is 3.85. The van der Waals surface area contributed by atoms with E-state index < -0.39 is 19.8 Å². The molecule has 0 fully saturated rings. The van der Waals surface area contributed by atoms with Gasteiger partial charge in [-0.15, -0.1) is 0 Å². The van der Waals surface area contributed by atoms with E-state index in [0.29, 0.717) is 0 Å². The average molecular weight is 308 g/mol. The van der Waals surface area contributed by atoms with E-state index in [1.165, 1.54) is 17.7 Å². The van der Waals surface area contributed by atoms with Crippen molar-refractivity contribution in [3.63, 3.8) is 0 Å². The zero-order valence-corrected chi connectivity index (χ0v) is 13.2. The topological polar surface area (TPSA) is 0 Å². The van der Waals surface area contributed by atoms with Crippen LogP contribution in [0.25, 0.3) is 0 Å². The van der Waals surface area contributed by atoms with Crippen molar-refractivity contribution < 1.29 is 13.2 Å². The standard InChI is InChI=1S/C17H19F3Si/c1-21(2,12-11-14-7-4-3-5-8-14)16-10-6-9-15(13-16)17(18,19)20/h3-10,13H,11-12H2,1-2H3. The molecule has 0 bridgehead atoms. The molecular weight excluding hydrogens is 289 g/mol. The molecule has 0 amide bonds. The van der Waals surface area contributed by atoms with Gasteiger partial charge >= 0.3 is 6.18 Å². The van der Waals surface area contributed by atoms with Crippen molar-refractivity contribution >= 4 is 13.3 Å². The Morgan fingerprint density at radius 2 is 1.57 bits per heavy atom. The maximum Gasteiger partial charge on any atom is 0.416 e. The first-order valence-electron chi connectivity index (χ1n) is 7.01. The fourth-order valence-corrected chi connectivity index (χ4v) is 4.66. The molecule has 0 unspecified atom stereocenters. The van der Waals surface area contributed by atoms with Crippen LogP contribution in [0.4, 0.5) is 13.2 Å². The van der Waals surface area contributed by atoms with Crippen molar-refractivity contribution in [1.29, 1.82) is 0 Å². The van der Waals surface area contributed by atoms with Crippen molar-refractivity contribution in [1.82, 2.24) is 0 Å². The lowest BCUT2D eigenvalue weighted by Gasteiger charge is -2.24. The van der Waals surface area contributed by atoms with Crippen LogP contribution in [0.15, 0.2) is 54.6 Å². The number of hydrogen-bond acceptors (Lipinski definition) is 0. The summed E-state index contributed by atoms with van der Waals surface area (Å²) in [4.78, 5) is 0. The van der Waals surface area contributed by atoms with E-state index in [1.54, 1.807) is 0 Å². The lowest BCUT2D eigenvalue weighted by molar-refractivity contribution is -0.137. The summed E-state index contributed by atoms with van der Waals surface area (Å²) >= 11 is 0. The number of hydrogen-bond donors (Lipinski definition) is 0. The minimum atomic E-state index is -4.26. The number of alkyl halides is 3. The van der Waals surface area contributed by atoms with Crippen molar-refractivity contribution in [3.05, 3.63) is 65.7 Å². The van der Waals surface area contributed by atoms with Gasteiger partial charge in [0.15, 0.2) is 0 Å². The Morgan fingerprint density at radius 1 is 0.905 bits per heavy atom. The fraction of sp³-hybridized carbons (Fsp3) is 0.294. The Balaban J connectivity index is 2.15. The molecule has 0 saturated carbocycles. The van der Waals surface area contributed by atoms with Crippen molar-refractivity contribution in [2.75, 3.05) is 0 Å². The Morgan fingerprint density at radius 3 is 2.19 bits per heavy atom. The second-order valence-electron chi connectivity index (χ2n) is 5.95. The van der Waals surface area contributed by atoms with Gasteiger partial charge in [0.25, 0.3) is 0 Å². The van der Waals surface area contributed by atoms with Crippen LogP contribution >= 0.6 is 0 Å². The van der Waals surface area contributed by atoms with Crippen LogP contribution in [-0.4, -0.2) is 8.07 Å². The molecule has 0 aliphatic rings. The average Bonchev–Trinajstić information content (AvgIpc) is 2.46. The van der Waals surface area contributed by atoms with Gasteiger partial charge in [-0.05, 0) is 18.0 Å². The lowest BCUT2D eigenvalue weighted by atomic mass is 10.2. The van der Waals surface area contributed by atoms with Crippen LogP contribution in [0.3, 0.4) is 0 Å². The second kappa shape index (κ2) is 6.06. The fourth-order valence-electron chi connectivity index (χ4n) is 2.36. The minimum absolute atomic E-state index is 0.541. The summed E-state index contributed by atoms with van der Waals surface area (Å²) in [6.07, 6.45) is -3.35. The molecule has 0 atom stereocenters. The third kappa shape index (κ3) is 4.21. The number of benzene rings is 2. The van der Waals surface area contributed by atoms with Crippen LogP contribution in [-0.2, 0) is 12.6 Å². The summed E-state index contributed by atoms with van der Waals surface area (Å²) in [6, 6.07) is 16.9. The SMILES string of the molecule is C[Si](C)(CCc1ccccc1)c1cccc(C(F)(F)F)c1. The molecule has 112 valence electrons. The normalized spacial score (nSPS) is 12.4. The monoisotopic (exact) mass is 308 g/mol. The lowest BCUT2D eigenvalue weighted by Crippen LogP contribution is -2.42. The molecule has 0 radical (unpaired) electrons. The van der Waals surface area contributed by atoms with Gasteiger partial charge in [0, 0.05) is 0 Å². The zero-order chi connectivity index (χ0) is 15.5. The van der Waals surface area contributed by atoms with Gasteiger partial charge in [0.1, 0.15) is 0 Å². The van der Waals surface area contributed by atoms with Gasteiger partial charge in [-0.2, -0.15) is 13.2 Å². The highest BCUT2D eigenvalue weighted by atomic mass is 28.3. The molecule has 0 saturated heterocycles. The van der Waals surface area contributed by atoms with Gasteiger partial charge in [-0.3, -0.25) is 0 Å². The summed E-state index contributed by atoms with van der Waals surface area (Å²) in [5, 5.41) is 0.869. The zero-order valence-electron chi connectivity index (χ0n) is 12.2. The molecule has 0 aliphatic heterocycles. The Hall–Kier alpha value is -1.55. The van der Waals surface area contributed by atoms with E-state index in [9.17, 15) is 13.2 Å². The van der Waals surface area contributed by atoms with Crippen LogP contribution in [0, 0.1) is 0 Å². The molecular formula is C17H19F3Si. The smallest absolute Gasteiger partial charge is 0.166 e. The van der Waals surface area contributed by atoms with E-state index in [4.69, 9.17) is 0 Å². The van der Waals surface area contributed by atoms with Crippen molar-refractivity contribution in [2.45, 2.75) is 31.7 Å². The first-order valence-corrected chi connectivity index (χ1v) is 10.2. The van der Waals surface area contributed by atoms with Crippen molar-refractivity contribution in [3.8, 4) is 0 Å². The maximum atomic E-state index is 12.8. The minimum Gasteiger partial charge on any atom is -0.166 e. The van der Waals surface area contributed by atoms with Crippen molar-refractivity contribution in [2.24, 2.45) is 0 Å². The molecule has 0 spiro atoms. The Labute approximate surface area is 124 Å². The summed E-state index contributed by atoms with van der Waals surface area (Å²) in [5.41, 5.74) is 0.699. The molecule has 21 heavy (non-hydrogen) atoms. The van der Waals surface area contributed by atoms with Gasteiger partial charge in [0.2, 0.25) is 0 Å². The van der Waals surface area contributed by atoms with Gasteiger partial charge in [0.05, 0.1) is 13.6 Å². The molecule has 0 aliphatic carbocycles. The second-order valence-corrected chi connectivity index (χ2v) is 10.8. The van der Waals surface area contributed by atoms with E-state index in [1.807, 2.05) is 24.3 Å². The third-order valence-corrected chi connectivity index (χ3v) is 7.23. The van der Waals surface area contributed by atoms with Gasteiger partial charge < -0.3 is 0 Å². The Bertz CT molecular complexity index is 588. The highest BCUT2D eigenvalue weighted by Crippen LogP contribution is 2.29. The Kier molecular flexibility index (Phi) is 4.57. The molecule has 2 aromatic rings. The summed E-state index contributed by atoms with van der Waals surface area (Å²) in [5.74, 6) is 0. The molecule has 2 rings (SSSR count). The van der Waals surface area contributed by atoms with Crippen LogP contribution in [0.5, 0.6) is 0 Å². The number of aryl methyl sites for hydroxylation is 1. The highest BCUT2D eigenvalue weighted by molar-refractivity contribution is 6.89.